The van der Waals surface area contributed by atoms with Crippen molar-refractivity contribution in [1.29, 1.82) is 0 Å². The quantitative estimate of drug-likeness (QED) is 0.113. The largest absolute Gasteiger partial charge is 0.507 e. The Morgan fingerprint density at radius 2 is 1.18 bits per heavy atom. The molecule has 6 heteroatoms. The predicted octanol–water partition coefficient (Wildman–Crippen LogP) is 9.44. The minimum Gasteiger partial charge on any atom is -0.507 e. The third-order valence-corrected chi connectivity index (χ3v) is 9.87. The number of hydrogen-bond acceptors (Lipinski definition) is 6. The minimum atomic E-state index is 0.257. The van der Waals surface area contributed by atoms with Crippen LogP contribution in [0, 0.1) is 0 Å². The fourth-order valence-corrected chi connectivity index (χ4v) is 7.20. The van der Waals surface area contributed by atoms with Gasteiger partial charge in [-0.05, 0) is 48.2 Å². The highest BCUT2D eigenvalue weighted by Crippen LogP contribution is 2.40. The van der Waals surface area contributed by atoms with Gasteiger partial charge in [0, 0.05) is 59.1 Å². The zero-order valence-corrected chi connectivity index (χ0v) is 29.0. The van der Waals surface area contributed by atoms with Gasteiger partial charge in [-0.15, -0.1) is 0 Å². The summed E-state index contributed by atoms with van der Waals surface area (Å²) in [6, 6.07) is 46.5. The number of ether oxygens (including phenoxy) is 2. The van der Waals surface area contributed by atoms with Crippen LogP contribution in [-0.2, 0) is 19.7 Å². The number of phenolic OH excluding ortho intramolecular Hbond substituents is 2. The smallest absolute Gasteiger partial charge is 0.128 e. The van der Waals surface area contributed by atoms with Crippen LogP contribution in [0.3, 0.4) is 0 Å². The molecule has 6 aromatic carbocycles. The molecule has 3 N–H and O–H groups in total. The molecule has 0 saturated carbocycles. The van der Waals surface area contributed by atoms with Gasteiger partial charge in [-0.25, -0.2) is 0 Å². The van der Waals surface area contributed by atoms with Crippen molar-refractivity contribution in [1.82, 2.24) is 10.2 Å². The molecule has 0 amide bonds. The first-order chi connectivity index (χ1) is 25.1. The molecule has 7 rings (SSSR count). The van der Waals surface area contributed by atoms with Gasteiger partial charge in [-0.3, -0.25) is 4.90 Å². The highest BCUT2D eigenvalue weighted by molar-refractivity contribution is 5.78. The number of nitrogens with zero attached hydrogens (tertiary/aromatic N) is 1. The maximum Gasteiger partial charge on any atom is 0.128 e. The van der Waals surface area contributed by atoms with Crippen molar-refractivity contribution < 1.29 is 19.7 Å². The van der Waals surface area contributed by atoms with Crippen molar-refractivity contribution >= 4 is 0 Å². The van der Waals surface area contributed by atoms with E-state index in [0.717, 1.165) is 87.5 Å². The summed E-state index contributed by atoms with van der Waals surface area (Å²) in [5, 5.41) is 26.5. The standard InChI is InChI=1S/C45H44N2O4/c1-50-42-25-9-7-21-38(42)40-24-12-18-34(45(40)49)30-47-27-13-19-36(47)29-46-28-33-17-11-23-41(44(33)48)39-22-8-10-26-43(39)51-31-35-16-5-6-20-37(35)32-14-3-2-4-15-32/h2-12,14-18,20-26,36,46,48-49H,13,19,27-31H2,1H3/t36-/m0/s1. The van der Waals surface area contributed by atoms with Crippen LogP contribution in [0.4, 0.5) is 0 Å². The molecule has 6 aromatic rings. The van der Waals surface area contributed by atoms with Gasteiger partial charge in [0.1, 0.15) is 29.6 Å². The van der Waals surface area contributed by atoms with Crippen LogP contribution < -0.4 is 14.8 Å². The fraction of sp³-hybridized carbons (Fsp3) is 0.200. The maximum atomic E-state index is 11.5. The van der Waals surface area contributed by atoms with E-state index in [0.29, 0.717) is 31.5 Å². The van der Waals surface area contributed by atoms with E-state index in [1.165, 1.54) is 0 Å². The van der Waals surface area contributed by atoms with Gasteiger partial charge in [0.2, 0.25) is 0 Å². The summed E-state index contributed by atoms with van der Waals surface area (Å²) in [6.07, 6.45) is 2.18. The summed E-state index contributed by atoms with van der Waals surface area (Å²) in [7, 11) is 1.65. The van der Waals surface area contributed by atoms with Gasteiger partial charge < -0.3 is 25.0 Å². The number of likely N-dealkylation sites (tertiary alicyclic amines) is 1. The predicted molar refractivity (Wildman–Crippen MR) is 205 cm³/mol. The van der Waals surface area contributed by atoms with Crippen LogP contribution in [0.25, 0.3) is 33.4 Å². The van der Waals surface area contributed by atoms with Crippen LogP contribution in [0.1, 0.15) is 29.5 Å². The van der Waals surface area contributed by atoms with Crippen molar-refractivity contribution in [2.75, 3.05) is 20.2 Å². The van der Waals surface area contributed by atoms with E-state index >= 15 is 0 Å². The Bertz CT molecular complexity index is 2080. The molecule has 0 aromatic heterocycles. The number of benzene rings is 6. The average molecular weight is 677 g/mol. The molecular weight excluding hydrogens is 633 g/mol. The lowest BCUT2D eigenvalue weighted by molar-refractivity contribution is 0.236. The molecule has 1 heterocycles. The highest BCUT2D eigenvalue weighted by Gasteiger charge is 2.26. The molecule has 1 aliphatic rings. The van der Waals surface area contributed by atoms with Crippen LogP contribution in [0.5, 0.6) is 23.0 Å². The second-order valence-electron chi connectivity index (χ2n) is 13.0. The molecule has 51 heavy (non-hydrogen) atoms. The van der Waals surface area contributed by atoms with E-state index in [4.69, 9.17) is 9.47 Å². The van der Waals surface area contributed by atoms with E-state index in [1.54, 1.807) is 7.11 Å². The third kappa shape index (κ3) is 7.63. The summed E-state index contributed by atoms with van der Waals surface area (Å²) in [4.78, 5) is 2.44. The fourth-order valence-electron chi connectivity index (χ4n) is 7.20. The molecule has 0 spiro atoms. The maximum absolute atomic E-state index is 11.5. The Hall–Kier alpha value is -5.56. The Morgan fingerprint density at radius 1 is 0.608 bits per heavy atom. The van der Waals surface area contributed by atoms with Crippen LogP contribution >= 0.6 is 0 Å². The first kappa shape index (κ1) is 33.9. The molecule has 1 aliphatic heterocycles. The summed E-state index contributed by atoms with van der Waals surface area (Å²) < 4.78 is 12.0. The topological polar surface area (TPSA) is 74.2 Å². The Morgan fingerprint density at radius 3 is 1.92 bits per heavy atom. The molecule has 0 unspecified atom stereocenters. The monoisotopic (exact) mass is 676 g/mol. The molecule has 6 nitrogen and oxygen atoms in total. The highest BCUT2D eigenvalue weighted by atomic mass is 16.5. The van der Waals surface area contributed by atoms with Gasteiger partial charge in [0.25, 0.3) is 0 Å². The first-order valence-electron chi connectivity index (χ1n) is 17.7. The summed E-state index contributed by atoms with van der Waals surface area (Å²) in [5.41, 5.74) is 8.39. The van der Waals surface area contributed by atoms with Crippen molar-refractivity contribution in [2.24, 2.45) is 0 Å². The zero-order valence-electron chi connectivity index (χ0n) is 29.0. The molecule has 0 bridgehead atoms. The number of methoxy groups -OCH3 is 1. The number of rotatable bonds is 13. The molecule has 0 aliphatic carbocycles. The van der Waals surface area contributed by atoms with E-state index in [1.807, 2.05) is 109 Å². The summed E-state index contributed by atoms with van der Waals surface area (Å²) in [5.74, 6) is 2.01. The lowest BCUT2D eigenvalue weighted by Gasteiger charge is -2.26. The third-order valence-electron chi connectivity index (χ3n) is 9.87. The van der Waals surface area contributed by atoms with Crippen molar-refractivity contribution in [2.45, 2.75) is 38.6 Å². The van der Waals surface area contributed by atoms with Crippen LogP contribution in [0.15, 0.2) is 140 Å². The van der Waals surface area contributed by atoms with E-state index in [2.05, 4.69) is 40.5 Å². The minimum absolute atomic E-state index is 0.257. The van der Waals surface area contributed by atoms with E-state index in [-0.39, 0.29) is 5.75 Å². The number of para-hydroxylation sites is 4. The van der Waals surface area contributed by atoms with E-state index in [9.17, 15) is 10.2 Å². The molecule has 1 saturated heterocycles. The number of nitrogens with one attached hydrogen (secondary N) is 1. The molecule has 258 valence electrons. The lowest BCUT2D eigenvalue weighted by Crippen LogP contribution is -2.37. The van der Waals surface area contributed by atoms with Crippen molar-refractivity contribution in [3.8, 4) is 56.4 Å². The SMILES string of the molecule is COc1ccccc1-c1cccc(CN2CCC[C@H]2CNCc2cccc(-c3ccccc3OCc3ccccc3-c3ccccc3)c2O)c1O. The van der Waals surface area contributed by atoms with Crippen molar-refractivity contribution in [3.63, 3.8) is 0 Å². The molecule has 1 atom stereocenters. The van der Waals surface area contributed by atoms with Gasteiger partial charge in [0.05, 0.1) is 7.11 Å². The Labute approximate surface area is 300 Å². The van der Waals surface area contributed by atoms with Crippen LogP contribution in [0.2, 0.25) is 0 Å². The second-order valence-corrected chi connectivity index (χ2v) is 13.0. The molecule has 0 radical (unpaired) electrons. The lowest BCUT2D eigenvalue weighted by atomic mass is 9.99. The average Bonchev–Trinajstić information content (AvgIpc) is 3.62. The summed E-state index contributed by atoms with van der Waals surface area (Å²) in [6.45, 7) is 3.35. The molecular formula is C45H44N2O4. The van der Waals surface area contributed by atoms with Gasteiger partial charge in [-0.2, -0.15) is 0 Å². The second kappa shape index (κ2) is 16.0. The van der Waals surface area contributed by atoms with Crippen molar-refractivity contribution in [3.05, 3.63) is 156 Å². The Balaban J connectivity index is 1.01. The van der Waals surface area contributed by atoms with Crippen LogP contribution in [-0.4, -0.2) is 41.4 Å². The number of hydrogen-bond donors (Lipinski definition) is 3. The number of phenols is 2. The first-order valence-corrected chi connectivity index (χ1v) is 17.7. The number of aromatic hydroxyl groups is 2. The van der Waals surface area contributed by atoms with Gasteiger partial charge in [-0.1, -0.05) is 127 Å². The van der Waals surface area contributed by atoms with E-state index < -0.39 is 0 Å². The van der Waals surface area contributed by atoms with Gasteiger partial charge >= 0.3 is 0 Å². The molecule has 1 fully saturated rings. The van der Waals surface area contributed by atoms with Gasteiger partial charge in [0.15, 0.2) is 0 Å². The normalized spacial score (nSPS) is 14.4. The zero-order chi connectivity index (χ0) is 35.0. The summed E-state index contributed by atoms with van der Waals surface area (Å²) >= 11 is 0. The Kier molecular flexibility index (Phi) is 10.6.